The summed E-state index contributed by atoms with van der Waals surface area (Å²) in [4.78, 5) is 18.2. The molecule has 0 aliphatic carbocycles. The lowest BCUT2D eigenvalue weighted by Gasteiger charge is -2.34. The number of pyridine rings is 1. The number of anilines is 1. The average Bonchev–Trinajstić information content (AvgIpc) is 3.20. The van der Waals surface area contributed by atoms with Crippen molar-refractivity contribution in [2.24, 2.45) is 5.92 Å². The summed E-state index contributed by atoms with van der Waals surface area (Å²) in [5.74, 6) is 0.504. The molecule has 2 atom stereocenters. The Kier molecular flexibility index (Phi) is 5.64. The maximum atomic E-state index is 14.6. The lowest BCUT2D eigenvalue weighted by molar-refractivity contribution is 0.0544. The minimum absolute atomic E-state index is 0.0489. The number of alkyl halides is 1. The van der Waals surface area contributed by atoms with Gasteiger partial charge in [0.15, 0.2) is 5.58 Å². The summed E-state index contributed by atoms with van der Waals surface area (Å²) in [5.41, 5.74) is 3.55. The molecule has 7 heteroatoms. The molecule has 1 aliphatic heterocycles. The van der Waals surface area contributed by atoms with Gasteiger partial charge in [-0.15, -0.1) is 0 Å². The van der Waals surface area contributed by atoms with Gasteiger partial charge in [0.1, 0.15) is 24.1 Å². The number of nitrogens with one attached hydrogen (secondary N) is 1. The fourth-order valence-electron chi connectivity index (χ4n) is 3.46. The third-order valence-electron chi connectivity index (χ3n) is 5.27. The molecule has 3 heterocycles. The van der Waals surface area contributed by atoms with Crippen LogP contribution in [0.5, 0.6) is 0 Å². The van der Waals surface area contributed by atoms with Gasteiger partial charge in [0.2, 0.25) is 0 Å². The number of carbonyl (C=O) groups excluding carboxylic acids is 1. The van der Waals surface area contributed by atoms with Crippen LogP contribution in [0.1, 0.15) is 17.5 Å². The molecule has 1 aliphatic rings. The number of nitrogens with zero attached hydrogens (tertiary/aromatic N) is 2. The van der Waals surface area contributed by atoms with E-state index in [1.807, 2.05) is 43.3 Å². The van der Waals surface area contributed by atoms with Crippen LogP contribution >= 0.6 is 0 Å². The first-order chi connectivity index (χ1) is 14.1. The molecule has 1 amide bonds. The molecule has 6 nitrogen and oxygen atoms in total. The van der Waals surface area contributed by atoms with Gasteiger partial charge in [-0.25, -0.2) is 14.2 Å². The van der Waals surface area contributed by atoms with Gasteiger partial charge >= 0.3 is 6.09 Å². The van der Waals surface area contributed by atoms with Crippen LogP contribution in [0.4, 0.5) is 15.0 Å². The Morgan fingerprint density at radius 1 is 1.28 bits per heavy atom. The van der Waals surface area contributed by atoms with E-state index < -0.39 is 12.3 Å². The number of hydrogen-bond donors (Lipinski definition) is 1. The standard InChI is InChI=1S/C22H24FN3O3/c1-15-2-4-16(5-3-15)14-29-22(27)26-10-8-17(18(23)13-26)12-24-21-7-6-20-19(25-21)9-11-28-20/h2-7,9,11,17-18H,8,10,12-14H2,1H3,(H,24,25). The van der Waals surface area contributed by atoms with Crippen molar-refractivity contribution in [3.05, 3.63) is 59.9 Å². The molecule has 0 radical (unpaired) electrons. The topological polar surface area (TPSA) is 67.6 Å². The second kappa shape index (κ2) is 8.51. The van der Waals surface area contributed by atoms with Gasteiger partial charge in [0.05, 0.1) is 12.8 Å². The van der Waals surface area contributed by atoms with Crippen LogP contribution < -0.4 is 5.32 Å². The monoisotopic (exact) mass is 397 g/mol. The van der Waals surface area contributed by atoms with Gasteiger partial charge in [0, 0.05) is 25.1 Å². The molecule has 152 valence electrons. The number of aromatic nitrogens is 1. The number of likely N-dealkylation sites (tertiary alicyclic amines) is 1. The number of hydrogen-bond acceptors (Lipinski definition) is 5. The van der Waals surface area contributed by atoms with Crippen molar-refractivity contribution in [2.75, 3.05) is 25.0 Å². The van der Waals surface area contributed by atoms with Crippen molar-refractivity contribution in [1.82, 2.24) is 9.88 Å². The largest absolute Gasteiger partial charge is 0.463 e. The quantitative estimate of drug-likeness (QED) is 0.684. The summed E-state index contributed by atoms with van der Waals surface area (Å²) in [6, 6.07) is 13.2. The summed E-state index contributed by atoms with van der Waals surface area (Å²) >= 11 is 0. The van der Waals surface area contributed by atoms with E-state index in [9.17, 15) is 9.18 Å². The summed E-state index contributed by atoms with van der Waals surface area (Å²) in [6.45, 7) is 3.19. The summed E-state index contributed by atoms with van der Waals surface area (Å²) in [6.07, 6.45) is 0.585. The molecule has 0 saturated carbocycles. The Bertz CT molecular complexity index is 973. The van der Waals surface area contributed by atoms with Gasteiger partial charge in [-0.05, 0) is 31.0 Å². The van der Waals surface area contributed by atoms with Crippen LogP contribution in [0.3, 0.4) is 0 Å². The molecule has 2 aromatic heterocycles. The van der Waals surface area contributed by atoms with E-state index in [1.54, 1.807) is 12.3 Å². The molecule has 0 spiro atoms. The molecule has 1 aromatic carbocycles. The number of fused-ring (bicyclic) bond motifs is 1. The highest BCUT2D eigenvalue weighted by molar-refractivity contribution is 5.74. The highest BCUT2D eigenvalue weighted by atomic mass is 19.1. The molecule has 1 fully saturated rings. The summed E-state index contributed by atoms with van der Waals surface area (Å²) < 4.78 is 25.3. The molecule has 0 bridgehead atoms. The van der Waals surface area contributed by atoms with Crippen LogP contribution in [0.15, 0.2) is 53.1 Å². The van der Waals surface area contributed by atoms with Crippen molar-refractivity contribution in [3.63, 3.8) is 0 Å². The van der Waals surface area contributed by atoms with Gasteiger partial charge in [-0.3, -0.25) is 0 Å². The zero-order chi connectivity index (χ0) is 20.2. The summed E-state index contributed by atoms with van der Waals surface area (Å²) in [7, 11) is 0. The van der Waals surface area contributed by atoms with Crippen molar-refractivity contribution in [2.45, 2.75) is 26.1 Å². The fraction of sp³-hybridized carbons (Fsp3) is 0.364. The maximum Gasteiger partial charge on any atom is 0.410 e. The van der Waals surface area contributed by atoms with Crippen molar-refractivity contribution in [1.29, 1.82) is 0 Å². The first-order valence-corrected chi connectivity index (χ1v) is 9.78. The minimum atomic E-state index is -1.11. The Hall–Kier alpha value is -3.09. The molecular formula is C22H24FN3O3. The van der Waals surface area contributed by atoms with Crippen molar-refractivity contribution < 1.29 is 18.3 Å². The Morgan fingerprint density at radius 2 is 2.10 bits per heavy atom. The molecule has 1 saturated heterocycles. The number of halogens is 1. The molecule has 1 N–H and O–H groups in total. The van der Waals surface area contributed by atoms with E-state index in [0.717, 1.165) is 22.2 Å². The predicted molar refractivity (Wildman–Crippen MR) is 108 cm³/mol. The van der Waals surface area contributed by atoms with E-state index in [0.29, 0.717) is 25.3 Å². The Morgan fingerprint density at radius 3 is 2.90 bits per heavy atom. The highest BCUT2D eigenvalue weighted by Gasteiger charge is 2.32. The zero-order valence-corrected chi connectivity index (χ0v) is 16.3. The fourth-order valence-corrected chi connectivity index (χ4v) is 3.46. The van der Waals surface area contributed by atoms with E-state index >= 15 is 0 Å². The van der Waals surface area contributed by atoms with Gasteiger partial charge in [0.25, 0.3) is 0 Å². The van der Waals surface area contributed by atoms with Crippen LogP contribution in [0.25, 0.3) is 11.1 Å². The minimum Gasteiger partial charge on any atom is -0.463 e. The SMILES string of the molecule is Cc1ccc(COC(=O)N2CCC(CNc3ccc4occc4n3)C(F)C2)cc1. The normalized spacial score (nSPS) is 19.3. The number of piperidine rings is 1. The lowest BCUT2D eigenvalue weighted by atomic mass is 9.95. The molecular weight excluding hydrogens is 373 g/mol. The van der Waals surface area contributed by atoms with E-state index in [-0.39, 0.29) is 19.1 Å². The molecule has 4 rings (SSSR count). The summed E-state index contributed by atoms with van der Waals surface area (Å²) in [5, 5.41) is 3.19. The van der Waals surface area contributed by atoms with Crippen LogP contribution in [-0.4, -0.2) is 41.8 Å². The predicted octanol–water partition coefficient (Wildman–Crippen LogP) is 4.54. The maximum absolute atomic E-state index is 14.6. The molecule has 2 unspecified atom stereocenters. The van der Waals surface area contributed by atoms with E-state index in [4.69, 9.17) is 9.15 Å². The first kappa shape index (κ1) is 19.2. The van der Waals surface area contributed by atoms with Crippen molar-refractivity contribution in [3.8, 4) is 0 Å². The highest BCUT2D eigenvalue weighted by Crippen LogP contribution is 2.23. The lowest BCUT2D eigenvalue weighted by Crippen LogP contribution is -2.46. The van der Waals surface area contributed by atoms with Gasteiger partial charge in [-0.1, -0.05) is 29.8 Å². The van der Waals surface area contributed by atoms with Gasteiger partial charge < -0.3 is 19.4 Å². The number of carbonyl (C=O) groups is 1. The molecule has 29 heavy (non-hydrogen) atoms. The zero-order valence-electron chi connectivity index (χ0n) is 16.3. The first-order valence-electron chi connectivity index (χ1n) is 9.78. The van der Waals surface area contributed by atoms with E-state index in [1.165, 1.54) is 4.90 Å². The Labute approximate surface area is 168 Å². The van der Waals surface area contributed by atoms with Gasteiger partial charge in [-0.2, -0.15) is 0 Å². The van der Waals surface area contributed by atoms with Crippen LogP contribution in [0, 0.1) is 12.8 Å². The second-order valence-electron chi connectivity index (χ2n) is 7.43. The number of furan rings is 1. The number of aryl methyl sites for hydroxylation is 1. The third kappa shape index (κ3) is 4.67. The second-order valence-corrected chi connectivity index (χ2v) is 7.43. The van der Waals surface area contributed by atoms with Crippen LogP contribution in [-0.2, 0) is 11.3 Å². The number of ether oxygens (including phenoxy) is 1. The average molecular weight is 397 g/mol. The smallest absolute Gasteiger partial charge is 0.410 e. The number of benzene rings is 1. The number of amides is 1. The molecule has 3 aromatic rings. The Balaban J connectivity index is 1.25. The van der Waals surface area contributed by atoms with Crippen LogP contribution in [0.2, 0.25) is 0 Å². The third-order valence-corrected chi connectivity index (χ3v) is 5.27. The van der Waals surface area contributed by atoms with E-state index in [2.05, 4.69) is 10.3 Å². The van der Waals surface area contributed by atoms with Crippen molar-refractivity contribution >= 4 is 23.0 Å². The number of rotatable bonds is 5.